The van der Waals surface area contributed by atoms with Crippen molar-refractivity contribution in [2.45, 2.75) is 26.7 Å². The highest BCUT2D eigenvalue weighted by Crippen LogP contribution is 2.38. The summed E-state index contributed by atoms with van der Waals surface area (Å²) in [6.45, 7) is 8.24. The zero-order valence-corrected chi connectivity index (χ0v) is 24.4. The highest BCUT2D eigenvalue weighted by Gasteiger charge is 2.17. The molecule has 0 aliphatic heterocycles. The maximum absolute atomic E-state index is 3.96. The topological polar surface area (TPSA) is 6.48 Å². The average molecular weight is 545 g/mol. The van der Waals surface area contributed by atoms with E-state index in [1.165, 1.54) is 39.2 Å². The van der Waals surface area contributed by atoms with Crippen molar-refractivity contribution in [3.63, 3.8) is 0 Å². The molecule has 1 aliphatic carbocycles. The molecular weight excluding hydrogens is 508 g/mol. The molecule has 206 valence electrons. The first kappa shape index (κ1) is 27.1. The Morgan fingerprint density at radius 3 is 1.50 bits per heavy atom. The Morgan fingerprint density at radius 1 is 0.500 bits per heavy atom. The van der Waals surface area contributed by atoms with E-state index in [2.05, 4.69) is 170 Å². The fourth-order valence-electron chi connectivity index (χ4n) is 5.64. The van der Waals surface area contributed by atoms with Gasteiger partial charge in [-0.1, -0.05) is 85.5 Å². The largest absolute Gasteiger partial charge is 0.314 e. The molecule has 5 aromatic rings. The molecule has 0 heterocycles. The minimum absolute atomic E-state index is 0.980. The average Bonchev–Trinajstić information content (AvgIpc) is 3.03. The van der Waals surface area contributed by atoms with Gasteiger partial charge in [0.15, 0.2) is 0 Å². The molecule has 2 nitrogen and oxygen atoms in total. The zero-order valence-electron chi connectivity index (χ0n) is 24.4. The molecule has 0 saturated carbocycles. The zero-order chi connectivity index (χ0) is 28.9. The van der Waals surface area contributed by atoms with Crippen molar-refractivity contribution in [3.8, 4) is 11.1 Å². The second-order valence-corrected chi connectivity index (χ2v) is 10.9. The van der Waals surface area contributed by atoms with Crippen molar-refractivity contribution in [2.75, 3.05) is 9.80 Å². The molecule has 6 rings (SSSR count). The van der Waals surface area contributed by atoms with E-state index in [-0.39, 0.29) is 0 Å². The maximum atomic E-state index is 3.96. The Labute approximate surface area is 250 Å². The highest BCUT2D eigenvalue weighted by atomic mass is 15.2. The third-order valence-electron chi connectivity index (χ3n) is 7.83. The SMILES string of the molecule is C=CC1=CC=C(N(c2ccc(-c3ccc(N(c4ccccc4)c4cccc(C)c4)cc3)cc2)c2cccc(C)c2)CC1. The molecule has 0 radical (unpaired) electrons. The summed E-state index contributed by atoms with van der Waals surface area (Å²) in [5, 5.41) is 0. The van der Waals surface area contributed by atoms with Gasteiger partial charge in [0.25, 0.3) is 0 Å². The number of para-hydroxylation sites is 1. The smallest absolute Gasteiger partial charge is 0.0464 e. The molecule has 0 amide bonds. The van der Waals surface area contributed by atoms with Crippen LogP contribution in [0.2, 0.25) is 0 Å². The quantitative estimate of drug-likeness (QED) is 0.192. The van der Waals surface area contributed by atoms with E-state index in [1.807, 2.05) is 6.08 Å². The summed E-state index contributed by atoms with van der Waals surface area (Å²) in [5.41, 5.74) is 13.2. The van der Waals surface area contributed by atoms with Crippen LogP contribution in [0.1, 0.15) is 24.0 Å². The van der Waals surface area contributed by atoms with E-state index in [1.54, 1.807) is 0 Å². The fourth-order valence-corrected chi connectivity index (χ4v) is 5.64. The summed E-state index contributed by atoms with van der Waals surface area (Å²) in [6.07, 6.45) is 8.38. The van der Waals surface area contributed by atoms with Crippen LogP contribution in [0, 0.1) is 13.8 Å². The maximum Gasteiger partial charge on any atom is 0.0464 e. The molecule has 2 heteroatoms. The number of allylic oxidation sites excluding steroid dienone is 5. The lowest BCUT2D eigenvalue weighted by molar-refractivity contribution is 0.892. The van der Waals surface area contributed by atoms with E-state index in [0.717, 1.165) is 35.6 Å². The third kappa shape index (κ3) is 5.84. The molecule has 42 heavy (non-hydrogen) atoms. The summed E-state index contributed by atoms with van der Waals surface area (Å²) in [6, 6.07) is 45.8. The minimum atomic E-state index is 0.980. The van der Waals surface area contributed by atoms with Gasteiger partial charge in [-0.2, -0.15) is 0 Å². The van der Waals surface area contributed by atoms with Gasteiger partial charge in [-0.05, 0) is 121 Å². The Bertz CT molecular complexity index is 1740. The number of aryl methyl sites for hydroxylation is 2. The van der Waals surface area contributed by atoms with Gasteiger partial charge < -0.3 is 9.80 Å². The Balaban J connectivity index is 1.31. The first-order valence-electron chi connectivity index (χ1n) is 14.6. The molecular formula is C40H36N2. The van der Waals surface area contributed by atoms with E-state index < -0.39 is 0 Å². The lowest BCUT2D eigenvalue weighted by Gasteiger charge is -2.30. The van der Waals surface area contributed by atoms with Crippen LogP contribution in [0.15, 0.2) is 163 Å². The molecule has 1 aliphatic rings. The van der Waals surface area contributed by atoms with Gasteiger partial charge in [0, 0.05) is 34.1 Å². The molecule has 5 aromatic carbocycles. The van der Waals surface area contributed by atoms with Crippen molar-refractivity contribution in [1.82, 2.24) is 0 Å². The highest BCUT2D eigenvalue weighted by molar-refractivity contribution is 5.79. The summed E-state index contributed by atoms with van der Waals surface area (Å²) >= 11 is 0. The molecule has 0 spiro atoms. The molecule has 0 saturated heterocycles. The normalized spacial score (nSPS) is 12.7. The Morgan fingerprint density at radius 2 is 1.00 bits per heavy atom. The minimum Gasteiger partial charge on any atom is -0.314 e. The van der Waals surface area contributed by atoms with Crippen LogP contribution in [-0.2, 0) is 0 Å². The number of hydrogen-bond acceptors (Lipinski definition) is 2. The van der Waals surface area contributed by atoms with Crippen LogP contribution in [0.4, 0.5) is 28.4 Å². The molecule has 0 atom stereocenters. The number of nitrogens with zero attached hydrogens (tertiary/aromatic N) is 2. The van der Waals surface area contributed by atoms with Gasteiger partial charge in [-0.15, -0.1) is 0 Å². The summed E-state index contributed by atoms with van der Waals surface area (Å²) < 4.78 is 0. The van der Waals surface area contributed by atoms with Crippen molar-refractivity contribution >= 4 is 28.4 Å². The van der Waals surface area contributed by atoms with Gasteiger partial charge in [-0.25, -0.2) is 0 Å². The number of rotatable bonds is 8. The number of benzene rings is 5. The van der Waals surface area contributed by atoms with E-state index >= 15 is 0 Å². The second kappa shape index (κ2) is 12.2. The van der Waals surface area contributed by atoms with Crippen molar-refractivity contribution < 1.29 is 0 Å². The van der Waals surface area contributed by atoms with Crippen LogP contribution < -0.4 is 9.80 Å². The van der Waals surface area contributed by atoms with Crippen LogP contribution >= 0.6 is 0 Å². The molecule has 0 unspecified atom stereocenters. The molecule has 0 fully saturated rings. The molecule has 0 N–H and O–H groups in total. The number of hydrogen-bond donors (Lipinski definition) is 0. The van der Waals surface area contributed by atoms with Gasteiger partial charge in [0.1, 0.15) is 0 Å². The van der Waals surface area contributed by atoms with Crippen molar-refractivity contribution in [1.29, 1.82) is 0 Å². The standard InChI is InChI=1S/C40H36N2/c1-4-32-16-22-36(23-17-32)42(40-15-9-11-31(3)29-40)38-26-20-34(21-27-38)33-18-24-37(25-19-33)41(35-12-6-5-7-13-35)39-14-8-10-30(2)28-39/h4-16,18-22,24-29H,1,17,23H2,2-3H3. The Hall–Kier alpha value is -5.08. The second-order valence-electron chi connectivity index (χ2n) is 10.9. The fraction of sp³-hybridized carbons (Fsp3) is 0.100. The lowest BCUT2D eigenvalue weighted by Crippen LogP contribution is -2.18. The van der Waals surface area contributed by atoms with Crippen LogP contribution in [0.3, 0.4) is 0 Å². The van der Waals surface area contributed by atoms with Gasteiger partial charge in [0.05, 0.1) is 0 Å². The first-order valence-corrected chi connectivity index (χ1v) is 14.6. The predicted octanol–water partition coefficient (Wildman–Crippen LogP) is 11.4. The molecule has 0 bridgehead atoms. The van der Waals surface area contributed by atoms with Crippen LogP contribution in [0.5, 0.6) is 0 Å². The molecule has 0 aromatic heterocycles. The third-order valence-corrected chi connectivity index (χ3v) is 7.83. The lowest BCUT2D eigenvalue weighted by atomic mass is 10.00. The van der Waals surface area contributed by atoms with Crippen LogP contribution in [-0.4, -0.2) is 0 Å². The van der Waals surface area contributed by atoms with E-state index in [0.29, 0.717) is 0 Å². The van der Waals surface area contributed by atoms with Crippen molar-refractivity contribution in [3.05, 3.63) is 175 Å². The summed E-state index contributed by atoms with van der Waals surface area (Å²) in [5.74, 6) is 0. The van der Waals surface area contributed by atoms with Gasteiger partial charge in [-0.3, -0.25) is 0 Å². The summed E-state index contributed by atoms with van der Waals surface area (Å²) in [4.78, 5) is 4.69. The number of anilines is 5. The van der Waals surface area contributed by atoms with Crippen molar-refractivity contribution in [2.24, 2.45) is 0 Å². The Kier molecular flexibility index (Phi) is 7.87. The van der Waals surface area contributed by atoms with Gasteiger partial charge in [0.2, 0.25) is 0 Å². The summed E-state index contributed by atoms with van der Waals surface area (Å²) in [7, 11) is 0. The van der Waals surface area contributed by atoms with Gasteiger partial charge >= 0.3 is 0 Å². The monoisotopic (exact) mass is 544 g/mol. The van der Waals surface area contributed by atoms with E-state index in [9.17, 15) is 0 Å². The first-order chi connectivity index (χ1) is 20.6. The van der Waals surface area contributed by atoms with E-state index in [4.69, 9.17) is 0 Å². The predicted molar refractivity (Wildman–Crippen MR) is 180 cm³/mol. The van der Waals surface area contributed by atoms with Crippen LogP contribution in [0.25, 0.3) is 11.1 Å².